The first-order valence-corrected chi connectivity index (χ1v) is 3.49. The number of fused-ring (bicyclic) bond motifs is 1. The molecule has 2 aliphatic heterocycles. The van der Waals surface area contributed by atoms with Gasteiger partial charge in [-0.25, -0.2) is 4.79 Å². The van der Waals surface area contributed by atoms with E-state index in [1.165, 1.54) is 0 Å². The van der Waals surface area contributed by atoms with Gasteiger partial charge in [0.05, 0.1) is 0 Å². The molecule has 0 bridgehead atoms. The van der Waals surface area contributed by atoms with Crippen LogP contribution in [0.1, 0.15) is 6.42 Å². The number of hydrogen-bond acceptors (Lipinski definition) is 1. The Balaban J connectivity index is 2.15. The number of carbonyl (C=O) groups is 1. The molecule has 0 spiro atoms. The first kappa shape index (κ1) is 5.77. The molecule has 2 heterocycles. The number of carbonyl (C=O) groups excluding carboxylic acids is 1. The molecule has 2 rings (SSSR count). The maximum atomic E-state index is 11.0. The van der Waals surface area contributed by atoms with Crippen molar-refractivity contribution in [1.29, 1.82) is 0 Å². The summed E-state index contributed by atoms with van der Waals surface area (Å²) >= 11 is 0. The molecule has 10 heavy (non-hydrogen) atoms. The molecule has 0 N–H and O–H groups in total. The van der Waals surface area contributed by atoms with Gasteiger partial charge in [0.1, 0.15) is 6.17 Å². The minimum Gasteiger partial charge on any atom is -0.307 e. The molecule has 3 nitrogen and oxygen atoms in total. The molecule has 0 radical (unpaired) electrons. The van der Waals surface area contributed by atoms with Gasteiger partial charge in [-0.15, -0.1) is 0 Å². The molecule has 1 fully saturated rings. The van der Waals surface area contributed by atoms with Crippen LogP contribution in [0.25, 0.3) is 0 Å². The Bertz CT molecular complexity index is 200. The fraction of sp³-hybridized carbons (Fsp3) is 0.571. The van der Waals surface area contributed by atoms with Crippen molar-refractivity contribution in [2.75, 3.05) is 13.6 Å². The lowest BCUT2D eigenvalue weighted by atomic mass is 10.1. The largest absolute Gasteiger partial charge is 0.323 e. The van der Waals surface area contributed by atoms with Crippen molar-refractivity contribution in [3.8, 4) is 0 Å². The highest BCUT2D eigenvalue weighted by Gasteiger charge is 2.40. The van der Waals surface area contributed by atoms with Gasteiger partial charge < -0.3 is 4.90 Å². The van der Waals surface area contributed by atoms with Crippen molar-refractivity contribution in [2.45, 2.75) is 12.6 Å². The van der Waals surface area contributed by atoms with Gasteiger partial charge in [-0.2, -0.15) is 0 Å². The third-order valence-electron chi connectivity index (χ3n) is 2.17. The Morgan fingerprint density at radius 2 is 2.40 bits per heavy atom. The minimum atomic E-state index is 0.161. The number of nitrogens with zero attached hydrogens (tertiary/aromatic N) is 2. The predicted molar refractivity (Wildman–Crippen MR) is 37.4 cm³/mol. The van der Waals surface area contributed by atoms with Gasteiger partial charge in [-0.05, 0) is 0 Å². The SMILES string of the molecule is CN1C(=O)N2CC=CCC12. The van der Waals surface area contributed by atoms with Crippen molar-refractivity contribution >= 4 is 6.03 Å². The molecule has 54 valence electrons. The second kappa shape index (κ2) is 1.75. The standard InChI is InChI=1S/C7H10N2O/c1-8-6-4-2-3-5-9(6)7(8)10/h2-3,6H,4-5H2,1H3. The molecule has 1 atom stereocenters. The quantitative estimate of drug-likeness (QED) is 0.450. The smallest absolute Gasteiger partial charge is 0.307 e. The van der Waals surface area contributed by atoms with E-state index < -0.39 is 0 Å². The zero-order valence-corrected chi connectivity index (χ0v) is 5.95. The van der Waals surface area contributed by atoms with Crippen LogP contribution in [-0.2, 0) is 0 Å². The minimum absolute atomic E-state index is 0.161. The fourth-order valence-corrected chi connectivity index (χ4v) is 1.50. The summed E-state index contributed by atoms with van der Waals surface area (Å²) in [6, 6.07) is 0.161. The van der Waals surface area contributed by atoms with Crippen molar-refractivity contribution < 1.29 is 4.79 Å². The van der Waals surface area contributed by atoms with Gasteiger partial charge in [0, 0.05) is 20.0 Å². The van der Waals surface area contributed by atoms with E-state index >= 15 is 0 Å². The summed E-state index contributed by atoms with van der Waals surface area (Å²) in [6.45, 7) is 0.799. The zero-order chi connectivity index (χ0) is 7.14. The predicted octanol–water partition coefficient (Wildman–Crippen LogP) is 0.640. The molecule has 0 aliphatic carbocycles. The van der Waals surface area contributed by atoms with E-state index in [-0.39, 0.29) is 6.03 Å². The van der Waals surface area contributed by atoms with Gasteiger partial charge in [-0.3, -0.25) is 4.90 Å². The average Bonchev–Trinajstić information content (AvgIpc) is 2.03. The van der Waals surface area contributed by atoms with Crippen LogP contribution in [0.3, 0.4) is 0 Å². The van der Waals surface area contributed by atoms with Crippen LogP contribution in [0.2, 0.25) is 0 Å². The molecule has 0 aromatic rings. The number of hydrogen-bond donors (Lipinski definition) is 0. The molecule has 3 heteroatoms. The fourth-order valence-electron chi connectivity index (χ4n) is 1.50. The number of urea groups is 1. The van der Waals surface area contributed by atoms with E-state index in [2.05, 4.69) is 6.08 Å². The summed E-state index contributed by atoms with van der Waals surface area (Å²) in [5.74, 6) is 0. The Labute approximate surface area is 59.9 Å². The molecule has 1 saturated heterocycles. The van der Waals surface area contributed by atoms with E-state index in [9.17, 15) is 4.79 Å². The summed E-state index contributed by atoms with van der Waals surface area (Å²) in [7, 11) is 1.85. The van der Waals surface area contributed by atoms with E-state index in [4.69, 9.17) is 0 Å². The van der Waals surface area contributed by atoms with Gasteiger partial charge in [-0.1, -0.05) is 12.2 Å². The maximum absolute atomic E-state index is 11.0. The zero-order valence-electron chi connectivity index (χ0n) is 5.95. The second-order valence-electron chi connectivity index (χ2n) is 2.73. The Hall–Kier alpha value is -0.990. The van der Waals surface area contributed by atoms with Gasteiger partial charge in [0.2, 0.25) is 0 Å². The van der Waals surface area contributed by atoms with Crippen LogP contribution in [0.5, 0.6) is 0 Å². The average molecular weight is 138 g/mol. The van der Waals surface area contributed by atoms with Crippen LogP contribution in [0.15, 0.2) is 12.2 Å². The third kappa shape index (κ3) is 0.523. The monoisotopic (exact) mass is 138 g/mol. The second-order valence-corrected chi connectivity index (χ2v) is 2.73. The van der Waals surface area contributed by atoms with E-state index in [1.807, 2.05) is 18.0 Å². The van der Waals surface area contributed by atoms with Gasteiger partial charge in [0.15, 0.2) is 0 Å². The summed E-state index contributed by atoms with van der Waals surface area (Å²) in [5, 5.41) is 0. The molecule has 1 unspecified atom stereocenters. The van der Waals surface area contributed by atoms with E-state index in [0.717, 1.165) is 13.0 Å². The Kier molecular flexibility index (Phi) is 1.01. The highest BCUT2D eigenvalue weighted by Crippen LogP contribution is 2.24. The lowest BCUT2D eigenvalue weighted by Gasteiger charge is -2.49. The molecular weight excluding hydrogens is 128 g/mol. The first-order chi connectivity index (χ1) is 4.80. The van der Waals surface area contributed by atoms with Crippen molar-refractivity contribution in [3.05, 3.63) is 12.2 Å². The summed E-state index contributed by atoms with van der Waals surface area (Å²) < 4.78 is 0. The summed E-state index contributed by atoms with van der Waals surface area (Å²) in [4.78, 5) is 14.7. The van der Waals surface area contributed by atoms with Crippen LogP contribution >= 0.6 is 0 Å². The summed E-state index contributed by atoms with van der Waals surface area (Å²) in [6.07, 6.45) is 5.52. The van der Waals surface area contributed by atoms with Crippen LogP contribution in [0, 0.1) is 0 Å². The highest BCUT2D eigenvalue weighted by molar-refractivity contribution is 5.80. The van der Waals surface area contributed by atoms with E-state index in [1.54, 1.807) is 4.90 Å². The molecule has 2 amide bonds. The topological polar surface area (TPSA) is 23.6 Å². The van der Waals surface area contributed by atoms with Crippen molar-refractivity contribution in [1.82, 2.24) is 9.80 Å². The molecular formula is C7H10N2O. The Morgan fingerprint density at radius 1 is 1.60 bits per heavy atom. The molecule has 0 aromatic heterocycles. The van der Waals surface area contributed by atoms with Gasteiger partial charge >= 0.3 is 6.03 Å². The lowest BCUT2D eigenvalue weighted by molar-refractivity contribution is 0.0135. The number of amides is 2. The van der Waals surface area contributed by atoms with E-state index in [0.29, 0.717) is 6.17 Å². The highest BCUT2D eigenvalue weighted by atomic mass is 16.2. The van der Waals surface area contributed by atoms with Crippen LogP contribution in [-0.4, -0.2) is 35.6 Å². The first-order valence-electron chi connectivity index (χ1n) is 3.49. The molecule has 2 aliphatic rings. The molecule has 0 saturated carbocycles. The van der Waals surface area contributed by atoms with Gasteiger partial charge in [0.25, 0.3) is 0 Å². The van der Waals surface area contributed by atoms with Crippen molar-refractivity contribution in [3.63, 3.8) is 0 Å². The normalized spacial score (nSPS) is 30.1. The van der Waals surface area contributed by atoms with Crippen LogP contribution < -0.4 is 0 Å². The maximum Gasteiger partial charge on any atom is 0.323 e. The summed E-state index contributed by atoms with van der Waals surface area (Å²) in [5.41, 5.74) is 0. The lowest BCUT2D eigenvalue weighted by Crippen LogP contribution is -2.66. The van der Waals surface area contributed by atoms with Crippen molar-refractivity contribution in [2.24, 2.45) is 0 Å². The Morgan fingerprint density at radius 3 is 3.10 bits per heavy atom. The third-order valence-corrected chi connectivity index (χ3v) is 2.17. The van der Waals surface area contributed by atoms with Crippen LogP contribution in [0.4, 0.5) is 4.79 Å². The molecule has 0 aromatic carbocycles. The number of rotatable bonds is 0.